The fraction of sp³-hybridized carbons (Fsp3) is 0.500. The summed E-state index contributed by atoms with van der Waals surface area (Å²) in [5.74, 6) is -0.138. The molecule has 3 rings (SSSR count). The number of allylic oxidation sites excluding steroid dienone is 1. The summed E-state index contributed by atoms with van der Waals surface area (Å²) in [6.45, 7) is 7.01. The molecule has 0 bridgehead atoms. The van der Waals surface area contributed by atoms with Crippen LogP contribution in [0.5, 0.6) is 0 Å². The summed E-state index contributed by atoms with van der Waals surface area (Å²) in [5, 5.41) is 0. The van der Waals surface area contributed by atoms with Crippen LogP contribution in [-0.2, 0) is 14.3 Å². The number of fused-ring (bicyclic) bond motifs is 1. The fourth-order valence-corrected chi connectivity index (χ4v) is 3.48. The maximum atomic E-state index is 13.9. The average Bonchev–Trinajstić information content (AvgIpc) is 2.66. The number of carbonyl (C=O) groups is 2. The molecule has 9 heteroatoms. The largest absolute Gasteiger partial charge is 0.446 e. The minimum absolute atomic E-state index is 0.108. The van der Waals surface area contributed by atoms with Crippen molar-refractivity contribution in [2.24, 2.45) is 10.7 Å². The molecule has 1 aromatic carbocycles. The predicted molar refractivity (Wildman–Crippen MR) is 118 cm³/mol. The molecular formula is C22H29FN4O4. The molecule has 2 aliphatic heterocycles. The normalized spacial score (nSPS) is 19.9. The van der Waals surface area contributed by atoms with Gasteiger partial charge >= 0.3 is 6.09 Å². The number of rotatable bonds is 5. The molecule has 0 aromatic heterocycles. The van der Waals surface area contributed by atoms with E-state index < -0.39 is 11.8 Å². The summed E-state index contributed by atoms with van der Waals surface area (Å²) in [6, 6.07) is 5.19. The van der Waals surface area contributed by atoms with Gasteiger partial charge in [0.1, 0.15) is 12.3 Å². The van der Waals surface area contributed by atoms with Gasteiger partial charge in [-0.3, -0.25) is 14.7 Å². The van der Waals surface area contributed by atoms with Crippen LogP contribution in [0.1, 0.15) is 33.3 Å². The Morgan fingerprint density at radius 2 is 2.06 bits per heavy atom. The first-order chi connectivity index (χ1) is 14.6. The van der Waals surface area contributed by atoms with Crippen molar-refractivity contribution in [3.63, 3.8) is 0 Å². The van der Waals surface area contributed by atoms with Crippen molar-refractivity contribution >= 4 is 35.2 Å². The molecule has 1 saturated heterocycles. The van der Waals surface area contributed by atoms with Gasteiger partial charge in [-0.2, -0.15) is 0 Å². The van der Waals surface area contributed by atoms with Gasteiger partial charge in [0.2, 0.25) is 5.91 Å². The van der Waals surface area contributed by atoms with Gasteiger partial charge < -0.3 is 20.1 Å². The van der Waals surface area contributed by atoms with Crippen molar-refractivity contribution in [2.45, 2.75) is 45.4 Å². The van der Waals surface area contributed by atoms with E-state index in [0.717, 1.165) is 5.56 Å². The zero-order valence-corrected chi connectivity index (χ0v) is 18.3. The lowest BCUT2D eigenvalue weighted by molar-refractivity contribution is -0.117. The minimum Gasteiger partial charge on any atom is -0.446 e. The van der Waals surface area contributed by atoms with Crippen LogP contribution in [-0.4, -0.2) is 62.3 Å². The van der Waals surface area contributed by atoms with Gasteiger partial charge in [-0.1, -0.05) is 6.07 Å². The Hall–Kier alpha value is -2.94. The van der Waals surface area contributed by atoms with E-state index in [1.165, 1.54) is 31.9 Å². The van der Waals surface area contributed by atoms with Gasteiger partial charge in [0.25, 0.3) is 0 Å². The number of aliphatic imine (C=N–C) groups is 1. The molecule has 168 valence electrons. The van der Waals surface area contributed by atoms with E-state index in [9.17, 15) is 14.0 Å². The number of hydrogen-bond donors (Lipinski definition) is 1. The van der Waals surface area contributed by atoms with Gasteiger partial charge in [-0.25, -0.2) is 9.18 Å². The molecule has 0 spiro atoms. The van der Waals surface area contributed by atoms with Crippen molar-refractivity contribution in [1.29, 1.82) is 0 Å². The van der Waals surface area contributed by atoms with E-state index in [-0.39, 0.29) is 31.1 Å². The third-order valence-corrected chi connectivity index (χ3v) is 5.07. The van der Waals surface area contributed by atoms with Crippen LogP contribution < -0.4 is 15.5 Å². The van der Waals surface area contributed by atoms with Gasteiger partial charge in [0.15, 0.2) is 0 Å². The van der Waals surface area contributed by atoms with Gasteiger partial charge in [-0.15, -0.1) is 0 Å². The lowest BCUT2D eigenvalue weighted by Crippen LogP contribution is -2.51. The van der Waals surface area contributed by atoms with Crippen LogP contribution in [0.4, 0.5) is 20.6 Å². The molecule has 0 aliphatic carbocycles. The van der Waals surface area contributed by atoms with E-state index in [1.54, 1.807) is 23.2 Å². The van der Waals surface area contributed by atoms with Crippen molar-refractivity contribution in [3.05, 3.63) is 30.0 Å². The first-order valence-corrected chi connectivity index (χ1v) is 10.2. The summed E-state index contributed by atoms with van der Waals surface area (Å²) in [7, 11) is 0. The summed E-state index contributed by atoms with van der Waals surface area (Å²) in [5.41, 5.74) is 6.63. The lowest BCUT2D eigenvalue weighted by Gasteiger charge is -2.40. The number of ether oxygens (including phenoxy) is 2. The van der Waals surface area contributed by atoms with Crippen molar-refractivity contribution in [1.82, 2.24) is 0 Å². The van der Waals surface area contributed by atoms with E-state index >= 15 is 0 Å². The number of halogens is 1. The maximum Gasteiger partial charge on any atom is 0.414 e. The summed E-state index contributed by atoms with van der Waals surface area (Å²) >= 11 is 0. The van der Waals surface area contributed by atoms with E-state index in [4.69, 9.17) is 15.2 Å². The minimum atomic E-state index is -1.65. The summed E-state index contributed by atoms with van der Waals surface area (Å²) < 4.78 is 24.2. The maximum absolute atomic E-state index is 13.9. The molecule has 0 saturated carbocycles. The highest BCUT2D eigenvalue weighted by molar-refractivity contribution is 6.11. The van der Waals surface area contributed by atoms with Gasteiger partial charge in [0, 0.05) is 31.5 Å². The molecular weight excluding hydrogens is 403 g/mol. The zero-order valence-electron chi connectivity index (χ0n) is 18.3. The molecule has 2 N–H and O–H groups in total. The van der Waals surface area contributed by atoms with E-state index in [0.29, 0.717) is 30.2 Å². The first-order valence-electron chi connectivity index (χ1n) is 10.2. The molecule has 2 aliphatic rings. The quantitative estimate of drug-likeness (QED) is 0.722. The Kier molecular flexibility index (Phi) is 6.64. The number of alkyl halides is 1. The Labute approximate surface area is 181 Å². The second kappa shape index (κ2) is 9.05. The Balaban J connectivity index is 1.96. The Morgan fingerprint density at radius 1 is 1.35 bits per heavy atom. The highest BCUT2D eigenvalue weighted by atomic mass is 19.1. The van der Waals surface area contributed by atoms with Crippen LogP contribution in [0.2, 0.25) is 0 Å². The smallest absolute Gasteiger partial charge is 0.414 e. The first kappa shape index (κ1) is 22.7. The van der Waals surface area contributed by atoms with Crippen molar-refractivity contribution < 1.29 is 23.5 Å². The summed E-state index contributed by atoms with van der Waals surface area (Å²) in [4.78, 5) is 32.6. The van der Waals surface area contributed by atoms with Crippen LogP contribution >= 0.6 is 0 Å². The van der Waals surface area contributed by atoms with Crippen LogP contribution in [0.25, 0.3) is 5.57 Å². The molecule has 31 heavy (non-hydrogen) atoms. The average molecular weight is 432 g/mol. The van der Waals surface area contributed by atoms with E-state index in [2.05, 4.69) is 4.99 Å². The monoisotopic (exact) mass is 432 g/mol. The Bertz CT molecular complexity index is 905. The van der Waals surface area contributed by atoms with Crippen LogP contribution in [0, 0.1) is 0 Å². The number of benzene rings is 1. The standard InChI is InChI=1S/C22H29FN4O4/c1-14-10-26(21(29)31-13-22(3,4)23)20-7-16(5-6-19(20)27(14)15(2)28)17(8-24)9-25-18-11-30-12-18/h5-9,14,18H,10-13,24H2,1-4H3/t14-/m0/s1. The van der Waals surface area contributed by atoms with Crippen molar-refractivity contribution in [2.75, 3.05) is 36.2 Å². The number of nitrogens with zero attached hydrogens (tertiary/aromatic N) is 3. The molecule has 2 amide bonds. The van der Waals surface area contributed by atoms with Crippen molar-refractivity contribution in [3.8, 4) is 0 Å². The molecule has 0 unspecified atom stereocenters. The van der Waals surface area contributed by atoms with Gasteiger partial charge in [-0.05, 0) is 38.5 Å². The molecule has 2 heterocycles. The Morgan fingerprint density at radius 3 is 2.61 bits per heavy atom. The highest BCUT2D eigenvalue weighted by Crippen LogP contribution is 2.38. The predicted octanol–water partition coefficient (Wildman–Crippen LogP) is 2.90. The molecule has 1 fully saturated rings. The second-order valence-electron chi connectivity index (χ2n) is 8.42. The fourth-order valence-electron chi connectivity index (χ4n) is 3.48. The summed E-state index contributed by atoms with van der Waals surface area (Å²) in [6.07, 6.45) is 2.45. The number of amides is 2. The topological polar surface area (TPSA) is 97.5 Å². The number of carbonyl (C=O) groups excluding carboxylic acids is 2. The van der Waals surface area contributed by atoms with Crippen LogP contribution in [0.15, 0.2) is 29.4 Å². The third kappa shape index (κ3) is 5.22. The second-order valence-corrected chi connectivity index (χ2v) is 8.42. The van der Waals surface area contributed by atoms with Gasteiger partial charge in [0.05, 0.1) is 36.7 Å². The molecule has 1 aromatic rings. The number of nitrogens with two attached hydrogens (primary N) is 1. The molecule has 8 nitrogen and oxygen atoms in total. The third-order valence-electron chi connectivity index (χ3n) is 5.07. The number of anilines is 2. The van der Waals surface area contributed by atoms with E-state index in [1.807, 2.05) is 13.0 Å². The zero-order chi connectivity index (χ0) is 22.8. The SMILES string of the molecule is CC(=O)N1c2ccc(C(C=NC3COC3)=CN)cc2N(C(=O)OCC(C)(C)F)C[C@@H]1C. The molecule has 0 radical (unpaired) electrons. The van der Waals surface area contributed by atoms with Crippen LogP contribution in [0.3, 0.4) is 0 Å². The molecule has 1 atom stereocenters. The lowest BCUT2D eigenvalue weighted by atomic mass is 10.0. The highest BCUT2D eigenvalue weighted by Gasteiger charge is 2.35. The number of hydrogen-bond acceptors (Lipinski definition) is 6.